The fourth-order valence-electron chi connectivity index (χ4n) is 4.06. The Bertz CT molecular complexity index is 858. The second-order valence-electron chi connectivity index (χ2n) is 7.69. The molecule has 0 N–H and O–H groups in total. The number of methoxy groups -OCH3 is 1. The van der Waals surface area contributed by atoms with E-state index in [4.69, 9.17) is 4.74 Å². The number of benzene rings is 1. The Morgan fingerprint density at radius 2 is 1.55 bits per heavy atom. The topological polar surface area (TPSA) is 61.8 Å². The Balaban J connectivity index is 1.42. The molecule has 0 atom stereocenters. The molecular weight excluding hydrogens is 366 g/mol. The van der Waals surface area contributed by atoms with Crippen LogP contribution in [0.1, 0.15) is 35.4 Å². The highest BCUT2D eigenvalue weighted by Gasteiger charge is 2.24. The number of piperazine rings is 1. The van der Waals surface area contributed by atoms with E-state index in [1.54, 1.807) is 13.2 Å². The minimum atomic E-state index is 0.0522. The number of piperidine rings is 1. The molecule has 4 rings (SSSR count). The van der Waals surface area contributed by atoms with E-state index in [0.29, 0.717) is 24.4 Å². The molecule has 154 valence electrons. The van der Waals surface area contributed by atoms with Gasteiger partial charge in [-0.25, -0.2) is 9.97 Å². The van der Waals surface area contributed by atoms with Crippen molar-refractivity contribution in [3.8, 4) is 5.75 Å². The number of anilines is 2. The van der Waals surface area contributed by atoms with Gasteiger partial charge < -0.3 is 19.4 Å². The second kappa shape index (κ2) is 8.68. The van der Waals surface area contributed by atoms with Gasteiger partial charge >= 0.3 is 0 Å². The molecule has 7 heteroatoms. The molecule has 0 saturated carbocycles. The van der Waals surface area contributed by atoms with Gasteiger partial charge in [-0.2, -0.15) is 0 Å². The molecule has 2 saturated heterocycles. The molecule has 29 heavy (non-hydrogen) atoms. The minimum Gasteiger partial charge on any atom is -0.497 e. The Labute approximate surface area is 172 Å². The molecule has 3 heterocycles. The highest BCUT2D eigenvalue weighted by atomic mass is 16.5. The third-order valence-electron chi connectivity index (χ3n) is 5.70. The SMILES string of the molecule is COc1cccc(C(=O)N2CCN(c3cc(N4CCCCC4)nc(C)n3)CC2)c1. The first-order valence-electron chi connectivity index (χ1n) is 10.4. The average Bonchev–Trinajstić information content (AvgIpc) is 2.79. The van der Waals surface area contributed by atoms with Crippen molar-refractivity contribution in [2.24, 2.45) is 0 Å². The number of carbonyl (C=O) groups excluding carboxylic acids is 1. The molecule has 1 aromatic carbocycles. The Morgan fingerprint density at radius 1 is 0.897 bits per heavy atom. The molecular formula is C22H29N5O2. The van der Waals surface area contributed by atoms with E-state index >= 15 is 0 Å². The van der Waals surface area contributed by atoms with E-state index in [1.807, 2.05) is 30.0 Å². The quantitative estimate of drug-likeness (QED) is 0.793. The summed E-state index contributed by atoms with van der Waals surface area (Å²) in [6, 6.07) is 9.46. The van der Waals surface area contributed by atoms with Crippen molar-refractivity contribution in [1.82, 2.24) is 14.9 Å². The summed E-state index contributed by atoms with van der Waals surface area (Å²) in [4.78, 5) is 28.7. The molecule has 0 bridgehead atoms. The van der Waals surface area contributed by atoms with Gasteiger partial charge in [0.05, 0.1) is 7.11 Å². The first-order valence-corrected chi connectivity index (χ1v) is 10.4. The van der Waals surface area contributed by atoms with Crippen LogP contribution < -0.4 is 14.5 Å². The zero-order valence-corrected chi connectivity index (χ0v) is 17.3. The van der Waals surface area contributed by atoms with Crippen LogP contribution in [0.15, 0.2) is 30.3 Å². The monoisotopic (exact) mass is 395 g/mol. The van der Waals surface area contributed by atoms with Crippen molar-refractivity contribution in [2.45, 2.75) is 26.2 Å². The van der Waals surface area contributed by atoms with Gasteiger partial charge in [0.25, 0.3) is 5.91 Å². The van der Waals surface area contributed by atoms with Crippen LogP contribution in [0.3, 0.4) is 0 Å². The minimum absolute atomic E-state index is 0.0522. The van der Waals surface area contributed by atoms with E-state index in [9.17, 15) is 4.79 Å². The maximum absolute atomic E-state index is 12.8. The second-order valence-corrected chi connectivity index (χ2v) is 7.69. The van der Waals surface area contributed by atoms with Crippen molar-refractivity contribution in [3.63, 3.8) is 0 Å². The van der Waals surface area contributed by atoms with Gasteiger partial charge in [0, 0.05) is 50.9 Å². The van der Waals surface area contributed by atoms with E-state index < -0.39 is 0 Å². The van der Waals surface area contributed by atoms with Crippen molar-refractivity contribution in [2.75, 3.05) is 56.2 Å². The van der Waals surface area contributed by atoms with Crippen LogP contribution in [0.4, 0.5) is 11.6 Å². The van der Waals surface area contributed by atoms with Crippen LogP contribution >= 0.6 is 0 Å². The summed E-state index contributed by atoms with van der Waals surface area (Å²) >= 11 is 0. The van der Waals surface area contributed by atoms with E-state index in [0.717, 1.165) is 43.6 Å². The lowest BCUT2D eigenvalue weighted by Crippen LogP contribution is -2.49. The molecule has 2 aromatic rings. The predicted molar refractivity (Wildman–Crippen MR) is 114 cm³/mol. The third-order valence-corrected chi connectivity index (χ3v) is 5.70. The maximum Gasteiger partial charge on any atom is 0.254 e. The van der Waals surface area contributed by atoms with Gasteiger partial charge in [-0.05, 0) is 44.4 Å². The lowest BCUT2D eigenvalue weighted by atomic mass is 10.1. The van der Waals surface area contributed by atoms with Crippen molar-refractivity contribution >= 4 is 17.5 Å². The van der Waals surface area contributed by atoms with Gasteiger partial charge in [-0.1, -0.05) is 6.07 Å². The maximum atomic E-state index is 12.8. The number of nitrogens with zero attached hydrogens (tertiary/aromatic N) is 5. The lowest BCUT2D eigenvalue weighted by molar-refractivity contribution is 0.0746. The van der Waals surface area contributed by atoms with Crippen molar-refractivity contribution < 1.29 is 9.53 Å². The fourth-order valence-corrected chi connectivity index (χ4v) is 4.06. The van der Waals surface area contributed by atoms with E-state index in [2.05, 4.69) is 25.8 Å². The van der Waals surface area contributed by atoms with Crippen LogP contribution in [0.25, 0.3) is 0 Å². The highest BCUT2D eigenvalue weighted by molar-refractivity contribution is 5.94. The van der Waals surface area contributed by atoms with Gasteiger partial charge in [0.1, 0.15) is 23.2 Å². The van der Waals surface area contributed by atoms with Gasteiger partial charge in [0.2, 0.25) is 0 Å². The van der Waals surface area contributed by atoms with Crippen LogP contribution in [-0.4, -0.2) is 67.2 Å². The molecule has 0 radical (unpaired) electrons. The average molecular weight is 396 g/mol. The molecule has 2 fully saturated rings. The number of aromatic nitrogens is 2. The Kier molecular flexibility index (Phi) is 5.83. The van der Waals surface area contributed by atoms with Crippen molar-refractivity contribution in [1.29, 1.82) is 0 Å². The summed E-state index contributed by atoms with van der Waals surface area (Å²) < 4.78 is 5.24. The van der Waals surface area contributed by atoms with E-state index in [1.165, 1.54) is 19.3 Å². The summed E-state index contributed by atoms with van der Waals surface area (Å²) in [5, 5.41) is 0. The normalized spacial score (nSPS) is 17.4. The van der Waals surface area contributed by atoms with E-state index in [-0.39, 0.29) is 5.91 Å². The molecule has 1 amide bonds. The molecule has 0 aliphatic carbocycles. The number of rotatable bonds is 4. The smallest absolute Gasteiger partial charge is 0.254 e. The number of ether oxygens (including phenoxy) is 1. The van der Waals surface area contributed by atoms with Crippen LogP contribution in [0.2, 0.25) is 0 Å². The number of hydrogen-bond acceptors (Lipinski definition) is 6. The van der Waals surface area contributed by atoms with Gasteiger partial charge in [-0.15, -0.1) is 0 Å². The third kappa shape index (κ3) is 4.44. The van der Waals surface area contributed by atoms with Crippen LogP contribution in [0, 0.1) is 6.92 Å². The zero-order chi connectivity index (χ0) is 20.2. The Morgan fingerprint density at radius 3 is 2.21 bits per heavy atom. The summed E-state index contributed by atoms with van der Waals surface area (Å²) in [5.74, 6) is 3.55. The molecule has 7 nitrogen and oxygen atoms in total. The van der Waals surface area contributed by atoms with Gasteiger partial charge in [-0.3, -0.25) is 4.79 Å². The van der Waals surface area contributed by atoms with Crippen LogP contribution in [-0.2, 0) is 0 Å². The number of amides is 1. The largest absolute Gasteiger partial charge is 0.497 e. The van der Waals surface area contributed by atoms with Gasteiger partial charge in [0.15, 0.2) is 0 Å². The number of aryl methyl sites for hydroxylation is 1. The molecule has 1 aromatic heterocycles. The van der Waals surface area contributed by atoms with Crippen LogP contribution in [0.5, 0.6) is 5.75 Å². The summed E-state index contributed by atoms with van der Waals surface area (Å²) in [7, 11) is 1.62. The first-order chi connectivity index (χ1) is 14.1. The molecule has 2 aliphatic heterocycles. The number of hydrogen-bond donors (Lipinski definition) is 0. The Hall–Kier alpha value is -2.83. The summed E-state index contributed by atoms with van der Waals surface area (Å²) in [6.45, 7) is 6.99. The molecule has 0 spiro atoms. The standard InChI is InChI=1S/C22H29N5O2/c1-17-23-20(25-9-4-3-5-10-25)16-21(24-17)26-11-13-27(14-12-26)22(28)18-7-6-8-19(15-18)29-2/h6-8,15-16H,3-5,9-14H2,1-2H3. The zero-order valence-electron chi connectivity index (χ0n) is 17.3. The van der Waals surface area contributed by atoms with Crippen molar-refractivity contribution in [3.05, 3.63) is 41.7 Å². The fraction of sp³-hybridized carbons (Fsp3) is 0.500. The molecule has 0 unspecified atom stereocenters. The summed E-state index contributed by atoms with van der Waals surface area (Å²) in [5.41, 5.74) is 0.670. The predicted octanol–water partition coefficient (Wildman–Crippen LogP) is 2.75. The lowest BCUT2D eigenvalue weighted by Gasteiger charge is -2.36. The number of carbonyl (C=O) groups is 1. The molecule has 2 aliphatic rings. The highest BCUT2D eigenvalue weighted by Crippen LogP contribution is 2.24. The first kappa shape index (κ1) is 19.5. The summed E-state index contributed by atoms with van der Waals surface area (Å²) in [6.07, 6.45) is 3.75.